The summed E-state index contributed by atoms with van der Waals surface area (Å²) in [5.74, 6) is 1.39. The SMILES string of the molecule is COc1cc(CN)c(-c2c(C)nn(C)c2C)cc1OC. The van der Waals surface area contributed by atoms with Gasteiger partial charge in [-0.1, -0.05) is 0 Å². The van der Waals surface area contributed by atoms with E-state index >= 15 is 0 Å². The van der Waals surface area contributed by atoms with E-state index in [4.69, 9.17) is 15.2 Å². The minimum absolute atomic E-state index is 0.434. The van der Waals surface area contributed by atoms with Crippen LogP contribution in [0.2, 0.25) is 0 Å². The number of hydrogen-bond acceptors (Lipinski definition) is 4. The van der Waals surface area contributed by atoms with E-state index < -0.39 is 0 Å². The highest BCUT2D eigenvalue weighted by atomic mass is 16.5. The van der Waals surface area contributed by atoms with E-state index in [9.17, 15) is 0 Å². The van der Waals surface area contributed by atoms with Crippen molar-refractivity contribution in [1.82, 2.24) is 9.78 Å². The Kier molecular flexibility index (Phi) is 3.99. The quantitative estimate of drug-likeness (QED) is 0.929. The average Bonchev–Trinajstić information content (AvgIpc) is 2.70. The van der Waals surface area contributed by atoms with Crippen LogP contribution in [0.5, 0.6) is 11.5 Å². The lowest BCUT2D eigenvalue weighted by atomic mass is 9.97. The van der Waals surface area contributed by atoms with Crippen LogP contribution in [0.4, 0.5) is 0 Å². The maximum Gasteiger partial charge on any atom is 0.161 e. The van der Waals surface area contributed by atoms with E-state index in [0.29, 0.717) is 18.0 Å². The minimum Gasteiger partial charge on any atom is -0.493 e. The zero-order valence-electron chi connectivity index (χ0n) is 12.7. The third kappa shape index (κ3) is 2.25. The summed E-state index contributed by atoms with van der Waals surface area (Å²) < 4.78 is 12.6. The van der Waals surface area contributed by atoms with E-state index in [0.717, 1.165) is 28.1 Å². The molecule has 2 aromatic rings. The number of benzene rings is 1. The largest absolute Gasteiger partial charge is 0.493 e. The minimum atomic E-state index is 0.434. The van der Waals surface area contributed by atoms with Crippen molar-refractivity contribution in [2.45, 2.75) is 20.4 Å². The van der Waals surface area contributed by atoms with Gasteiger partial charge in [0.1, 0.15) is 0 Å². The molecular weight excluding hydrogens is 254 g/mol. The van der Waals surface area contributed by atoms with Gasteiger partial charge in [-0.05, 0) is 37.1 Å². The van der Waals surface area contributed by atoms with Crippen LogP contribution in [0, 0.1) is 13.8 Å². The highest BCUT2D eigenvalue weighted by molar-refractivity contribution is 5.75. The first-order chi connectivity index (χ1) is 9.53. The summed E-state index contributed by atoms with van der Waals surface area (Å²) in [5.41, 5.74) is 11.1. The van der Waals surface area contributed by atoms with Gasteiger partial charge in [0.2, 0.25) is 0 Å². The van der Waals surface area contributed by atoms with Crippen LogP contribution < -0.4 is 15.2 Å². The Morgan fingerprint density at radius 2 is 1.75 bits per heavy atom. The Bertz CT molecular complexity index is 633. The number of nitrogens with two attached hydrogens (primary N) is 1. The van der Waals surface area contributed by atoms with Crippen LogP contribution in [-0.4, -0.2) is 24.0 Å². The molecule has 2 N–H and O–H groups in total. The molecule has 0 aliphatic heterocycles. The van der Waals surface area contributed by atoms with Crippen LogP contribution in [0.1, 0.15) is 17.0 Å². The number of aryl methyl sites for hydroxylation is 2. The van der Waals surface area contributed by atoms with Crippen molar-refractivity contribution in [2.75, 3.05) is 14.2 Å². The predicted octanol–water partition coefficient (Wildman–Crippen LogP) is 2.18. The predicted molar refractivity (Wildman–Crippen MR) is 79.1 cm³/mol. The van der Waals surface area contributed by atoms with Crippen LogP contribution in [0.3, 0.4) is 0 Å². The first kappa shape index (κ1) is 14.4. The van der Waals surface area contributed by atoms with Gasteiger partial charge in [0.15, 0.2) is 11.5 Å². The number of nitrogens with zero attached hydrogens (tertiary/aromatic N) is 2. The molecule has 2 rings (SSSR count). The van der Waals surface area contributed by atoms with E-state index in [2.05, 4.69) is 5.10 Å². The van der Waals surface area contributed by atoms with Crippen molar-refractivity contribution >= 4 is 0 Å². The summed E-state index contributed by atoms with van der Waals surface area (Å²) in [7, 11) is 5.19. The fraction of sp³-hybridized carbons (Fsp3) is 0.400. The molecule has 0 radical (unpaired) electrons. The number of hydrogen-bond donors (Lipinski definition) is 1. The molecule has 1 aromatic carbocycles. The van der Waals surface area contributed by atoms with Crippen molar-refractivity contribution in [3.05, 3.63) is 29.1 Å². The molecule has 0 saturated carbocycles. The molecule has 0 aliphatic carbocycles. The van der Waals surface area contributed by atoms with Crippen molar-refractivity contribution in [3.8, 4) is 22.6 Å². The Labute approximate surface area is 119 Å². The van der Waals surface area contributed by atoms with Gasteiger partial charge in [0, 0.05) is 24.8 Å². The zero-order chi connectivity index (χ0) is 14.9. The van der Waals surface area contributed by atoms with Gasteiger partial charge in [0.05, 0.1) is 19.9 Å². The maximum absolute atomic E-state index is 5.89. The summed E-state index contributed by atoms with van der Waals surface area (Å²) in [6, 6.07) is 3.90. The van der Waals surface area contributed by atoms with Crippen molar-refractivity contribution in [1.29, 1.82) is 0 Å². The van der Waals surface area contributed by atoms with Gasteiger partial charge in [0.25, 0.3) is 0 Å². The second-order valence-electron chi connectivity index (χ2n) is 4.74. The number of methoxy groups -OCH3 is 2. The lowest BCUT2D eigenvalue weighted by Crippen LogP contribution is -2.02. The van der Waals surface area contributed by atoms with Crippen LogP contribution in [0.15, 0.2) is 12.1 Å². The standard InChI is InChI=1S/C15H21N3O2/c1-9-15(10(2)18(3)17-9)12-7-14(20-5)13(19-4)6-11(12)8-16/h6-7H,8,16H2,1-5H3. The highest BCUT2D eigenvalue weighted by Crippen LogP contribution is 2.37. The van der Waals surface area contributed by atoms with Gasteiger partial charge in [-0.25, -0.2) is 0 Å². The molecule has 108 valence electrons. The fourth-order valence-corrected chi connectivity index (χ4v) is 2.49. The van der Waals surface area contributed by atoms with Crippen molar-refractivity contribution < 1.29 is 9.47 Å². The molecule has 5 heteroatoms. The first-order valence-electron chi connectivity index (χ1n) is 6.49. The zero-order valence-corrected chi connectivity index (χ0v) is 12.7. The van der Waals surface area contributed by atoms with E-state index in [1.165, 1.54) is 0 Å². The smallest absolute Gasteiger partial charge is 0.161 e. The molecule has 0 atom stereocenters. The summed E-state index contributed by atoms with van der Waals surface area (Å²) in [4.78, 5) is 0. The van der Waals surface area contributed by atoms with Crippen LogP contribution >= 0.6 is 0 Å². The lowest BCUT2D eigenvalue weighted by molar-refractivity contribution is 0.354. The normalized spacial score (nSPS) is 10.7. The van der Waals surface area contributed by atoms with E-state index in [-0.39, 0.29) is 0 Å². The van der Waals surface area contributed by atoms with E-state index in [1.807, 2.05) is 37.7 Å². The molecule has 0 unspecified atom stereocenters. The number of aromatic nitrogens is 2. The Morgan fingerprint density at radius 3 is 2.20 bits per heavy atom. The van der Waals surface area contributed by atoms with Crippen molar-refractivity contribution in [2.24, 2.45) is 12.8 Å². The number of ether oxygens (including phenoxy) is 2. The third-order valence-electron chi connectivity index (χ3n) is 3.61. The highest BCUT2D eigenvalue weighted by Gasteiger charge is 2.18. The Morgan fingerprint density at radius 1 is 1.15 bits per heavy atom. The monoisotopic (exact) mass is 275 g/mol. The van der Waals surface area contributed by atoms with Gasteiger partial charge >= 0.3 is 0 Å². The Balaban J connectivity index is 2.72. The van der Waals surface area contributed by atoms with Gasteiger partial charge in [-0.3, -0.25) is 4.68 Å². The van der Waals surface area contributed by atoms with Gasteiger partial charge < -0.3 is 15.2 Å². The molecule has 5 nitrogen and oxygen atoms in total. The maximum atomic E-state index is 5.89. The van der Waals surface area contributed by atoms with Gasteiger partial charge in [-0.2, -0.15) is 5.10 Å². The molecule has 20 heavy (non-hydrogen) atoms. The molecular formula is C15H21N3O2. The lowest BCUT2D eigenvalue weighted by Gasteiger charge is -2.14. The third-order valence-corrected chi connectivity index (χ3v) is 3.61. The molecule has 0 spiro atoms. The Hall–Kier alpha value is -2.01. The molecule has 1 heterocycles. The van der Waals surface area contributed by atoms with Crippen LogP contribution in [-0.2, 0) is 13.6 Å². The molecule has 0 amide bonds. The first-order valence-corrected chi connectivity index (χ1v) is 6.49. The summed E-state index contributed by atoms with van der Waals surface area (Å²) in [5, 5.41) is 4.46. The molecule has 0 bridgehead atoms. The molecule has 0 aliphatic rings. The van der Waals surface area contributed by atoms with E-state index in [1.54, 1.807) is 14.2 Å². The van der Waals surface area contributed by atoms with Crippen LogP contribution in [0.25, 0.3) is 11.1 Å². The van der Waals surface area contributed by atoms with Crippen molar-refractivity contribution in [3.63, 3.8) is 0 Å². The molecule has 0 fully saturated rings. The second kappa shape index (κ2) is 5.54. The summed E-state index contributed by atoms with van der Waals surface area (Å²) >= 11 is 0. The summed E-state index contributed by atoms with van der Waals surface area (Å²) in [6.45, 7) is 4.48. The summed E-state index contributed by atoms with van der Waals surface area (Å²) in [6.07, 6.45) is 0. The van der Waals surface area contributed by atoms with Gasteiger partial charge in [-0.15, -0.1) is 0 Å². The average molecular weight is 275 g/mol. The fourth-order valence-electron chi connectivity index (χ4n) is 2.49. The topological polar surface area (TPSA) is 62.3 Å². The second-order valence-corrected chi connectivity index (χ2v) is 4.74. The number of rotatable bonds is 4. The molecule has 0 saturated heterocycles. The molecule has 1 aromatic heterocycles.